The van der Waals surface area contributed by atoms with Crippen LogP contribution in [-0.4, -0.2) is 24.7 Å². The Morgan fingerprint density at radius 2 is 1.44 bits per heavy atom. The lowest BCUT2D eigenvalue weighted by Crippen LogP contribution is -2.14. The van der Waals surface area contributed by atoms with Gasteiger partial charge >= 0.3 is 0 Å². The second-order valence-electron chi connectivity index (χ2n) is 9.27. The van der Waals surface area contributed by atoms with Crippen molar-refractivity contribution in [3.05, 3.63) is 102 Å². The van der Waals surface area contributed by atoms with Gasteiger partial charge in [0.05, 0.1) is 34.8 Å². The van der Waals surface area contributed by atoms with Crippen LogP contribution in [-0.2, 0) is 5.41 Å². The minimum atomic E-state index is -0.169. The van der Waals surface area contributed by atoms with E-state index in [1.54, 1.807) is 0 Å². The van der Waals surface area contributed by atoms with Crippen LogP contribution in [0.25, 0.3) is 50.3 Å². The molecule has 0 fully saturated rings. The maximum atomic E-state index is 5.17. The molecule has 0 amide bonds. The predicted octanol–water partition coefficient (Wildman–Crippen LogP) is 6.34. The van der Waals surface area contributed by atoms with Gasteiger partial charge in [-0.15, -0.1) is 0 Å². The van der Waals surface area contributed by atoms with Crippen LogP contribution in [0.1, 0.15) is 25.0 Å². The van der Waals surface area contributed by atoms with Crippen molar-refractivity contribution in [2.75, 3.05) is 0 Å². The first-order chi connectivity index (χ1) is 16.6. The molecule has 7 rings (SSSR count). The Kier molecular flexibility index (Phi) is 3.83. The lowest BCUT2D eigenvalue weighted by molar-refractivity contribution is 0.666. The highest BCUT2D eigenvalue weighted by atomic mass is 15.2. The third-order valence-electron chi connectivity index (χ3n) is 7.00. The van der Waals surface area contributed by atoms with Crippen LogP contribution in [0.5, 0.6) is 0 Å². The molecule has 3 heterocycles. The van der Waals surface area contributed by atoms with E-state index < -0.39 is 0 Å². The van der Waals surface area contributed by atoms with E-state index in [9.17, 15) is 0 Å². The smallest absolute Gasteiger partial charge is 0.235 e. The summed E-state index contributed by atoms with van der Waals surface area (Å²) in [5.41, 5.74) is 8.58. The Hall–Kier alpha value is -4.38. The van der Waals surface area contributed by atoms with Crippen molar-refractivity contribution in [1.82, 2.24) is 24.7 Å². The van der Waals surface area contributed by atoms with E-state index in [4.69, 9.17) is 9.97 Å². The molecule has 0 radical (unpaired) electrons. The van der Waals surface area contributed by atoms with E-state index in [0.29, 0.717) is 5.95 Å². The number of para-hydroxylation sites is 1. The predicted molar refractivity (Wildman–Crippen MR) is 135 cm³/mol. The lowest BCUT2D eigenvalue weighted by atomic mass is 9.82. The van der Waals surface area contributed by atoms with Gasteiger partial charge in [0.15, 0.2) is 0 Å². The van der Waals surface area contributed by atoms with Crippen molar-refractivity contribution >= 4 is 21.8 Å². The molecule has 1 aliphatic rings. The van der Waals surface area contributed by atoms with E-state index in [-0.39, 0.29) is 5.41 Å². The van der Waals surface area contributed by atoms with Gasteiger partial charge in [-0.25, -0.2) is 9.97 Å². The molecule has 162 valence electrons. The van der Waals surface area contributed by atoms with Crippen LogP contribution < -0.4 is 0 Å². The Morgan fingerprint density at radius 1 is 0.706 bits per heavy atom. The van der Waals surface area contributed by atoms with Gasteiger partial charge in [-0.1, -0.05) is 86.6 Å². The highest BCUT2D eigenvalue weighted by Gasteiger charge is 2.41. The van der Waals surface area contributed by atoms with Crippen LogP contribution in [0.15, 0.2) is 91.3 Å². The molecule has 0 atom stereocenters. The van der Waals surface area contributed by atoms with Crippen LogP contribution in [0, 0.1) is 0 Å². The standard InChI is InChI=1S/C29H21N5/c1-29(2)22-14-8-6-12-19(22)27-25(29)21-16-30-31-17-24(21)34(27)28-32-23-15-9-7-13-20(23)26(33-28)18-10-4-3-5-11-18/h3-17H,1-2H3. The van der Waals surface area contributed by atoms with Crippen molar-refractivity contribution < 1.29 is 0 Å². The van der Waals surface area contributed by atoms with Crippen LogP contribution >= 0.6 is 0 Å². The van der Waals surface area contributed by atoms with E-state index in [0.717, 1.165) is 38.8 Å². The zero-order valence-electron chi connectivity index (χ0n) is 18.9. The van der Waals surface area contributed by atoms with E-state index in [1.165, 1.54) is 16.7 Å². The Bertz CT molecular complexity index is 1730. The summed E-state index contributed by atoms with van der Waals surface area (Å²) < 4.78 is 2.17. The van der Waals surface area contributed by atoms with Gasteiger partial charge in [0, 0.05) is 27.3 Å². The molecular formula is C29H21N5. The van der Waals surface area contributed by atoms with Gasteiger partial charge in [-0.05, 0) is 17.2 Å². The van der Waals surface area contributed by atoms with Gasteiger partial charge in [0.1, 0.15) is 0 Å². The molecular weight excluding hydrogens is 418 g/mol. The van der Waals surface area contributed by atoms with Crippen molar-refractivity contribution in [2.24, 2.45) is 0 Å². The highest BCUT2D eigenvalue weighted by molar-refractivity contribution is 5.99. The molecule has 0 saturated heterocycles. The molecule has 34 heavy (non-hydrogen) atoms. The van der Waals surface area contributed by atoms with Crippen molar-refractivity contribution in [3.63, 3.8) is 0 Å². The third-order valence-corrected chi connectivity index (χ3v) is 7.00. The fraction of sp³-hybridized carbons (Fsp3) is 0.103. The lowest BCUT2D eigenvalue weighted by Gasteiger charge is -2.20. The average Bonchev–Trinajstić information content (AvgIpc) is 3.35. The molecule has 6 aromatic rings. The number of rotatable bonds is 2. The largest absolute Gasteiger partial charge is 0.276 e. The second kappa shape index (κ2) is 6.81. The number of aromatic nitrogens is 5. The molecule has 1 aliphatic carbocycles. The van der Waals surface area contributed by atoms with Crippen LogP contribution in [0.4, 0.5) is 0 Å². The fourth-order valence-electron chi connectivity index (χ4n) is 5.49. The van der Waals surface area contributed by atoms with Gasteiger partial charge in [-0.2, -0.15) is 10.2 Å². The molecule has 3 aromatic carbocycles. The Morgan fingerprint density at radius 3 is 2.32 bits per heavy atom. The van der Waals surface area contributed by atoms with E-state index >= 15 is 0 Å². The monoisotopic (exact) mass is 439 g/mol. The summed E-state index contributed by atoms with van der Waals surface area (Å²) in [4.78, 5) is 10.2. The molecule has 0 aliphatic heterocycles. The third kappa shape index (κ3) is 2.49. The molecule has 0 saturated carbocycles. The average molecular weight is 440 g/mol. The van der Waals surface area contributed by atoms with Crippen molar-refractivity contribution in [2.45, 2.75) is 19.3 Å². The van der Waals surface area contributed by atoms with Crippen LogP contribution in [0.2, 0.25) is 0 Å². The molecule has 3 aromatic heterocycles. The molecule has 5 heteroatoms. The fourth-order valence-corrected chi connectivity index (χ4v) is 5.49. The molecule has 0 spiro atoms. The summed E-state index contributed by atoms with van der Waals surface area (Å²) in [6.45, 7) is 4.55. The molecule has 0 bridgehead atoms. The summed E-state index contributed by atoms with van der Waals surface area (Å²) in [6, 6.07) is 27.1. The SMILES string of the molecule is CC1(C)c2ccccc2-c2c1c1cnncc1n2-c1nc(-c2ccccc2)c2ccccc2n1. The van der Waals surface area contributed by atoms with Crippen molar-refractivity contribution in [3.8, 4) is 28.5 Å². The van der Waals surface area contributed by atoms with Gasteiger partial charge < -0.3 is 0 Å². The molecule has 0 unspecified atom stereocenters. The second-order valence-corrected chi connectivity index (χ2v) is 9.27. The van der Waals surface area contributed by atoms with Gasteiger partial charge in [0.25, 0.3) is 0 Å². The first-order valence-corrected chi connectivity index (χ1v) is 11.4. The quantitative estimate of drug-likeness (QED) is 0.316. The topological polar surface area (TPSA) is 56.5 Å². The first-order valence-electron chi connectivity index (χ1n) is 11.4. The zero-order valence-corrected chi connectivity index (χ0v) is 18.9. The van der Waals surface area contributed by atoms with E-state index in [2.05, 4.69) is 77.1 Å². The number of hydrogen-bond donors (Lipinski definition) is 0. The van der Waals surface area contributed by atoms with Crippen molar-refractivity contribution in [1.29, 1.82) is 0 Å². The number of fused-ring (bicyclic) bond motifs is 6. The van der Waals surface area contributed by atoms with Crippen LogP contribution in [0.3, 0.4) is 0 Å². The maximum absolute atomic E-state index is 5.17. The Labute approximate surface area is 196 Å². The summed E-state index contributed by atoms with van der Waals surface area (Å²) >= 11 is 0. The highest BCUT2D eigenvalue weighted by Crippen LogP contribution is 2.53. The minimum Gasteiger partial charge on any atom is -0.276 e. The van der Waals surface area contributed by atoms with Gasteiger partial charge in [0.2, 0.25) is 5.95 Å². The number of hydrogen-bond acceptors (Lipinski definition) is 4. The number of benzene rings is 3. The normalized spacial score (nSPS) is 13.8. The minimum absolute atomic E-state index is 0.169. The van der Waals surface area contributed by atoms with E-state index in [1.807, 2.05) is 42.7 Å². The zero-order chi connectivity index (χ0) is 22.9. The molecule has 0 N–H and O–H groups in total. The summed E-state index contributed by atoms with van der Waals surface area (Å²) in [7, 11) is 0. The number of nitrogens with zero attached hydrogens (tertiary/aromatic N) is 5. The maximum Gasteiger partial charge on any atom is 0.235 e. The summed E-state index contributed by atoms with van der Waals surface area (Å²) in [5.74, 6) is 0.643. The summed E-state index contributed by atoms with van der Waals surface area (Å²) in [6.07, 6.45) is 3.70. The Balaban J connectivity index is 1.63. The first kappa shape index (κ1) is 19.1. The molecule has 5 nitrogen and oxygen atoms in total. The van der Waals surface area contributed by atoms with Gasteiger partial charge in [-0.3, -0.25) is 4.57 Å². The summed E-state index contributed by atoms with van der Waals surface area (Å²) in [5, 5.41) is 10.6.